The third-order valence-corrected chi connectivity index (χ3v) is 9.84. The molecule has 0 aromatic heterocycles. The van der Waals surface area contributed by atoms with Crippen LogP contribution in [0.1, 0.15) is 83.4 Å². The average Bonchev–Trinajstić information content (AvgIpc) is 3.09. The van der Waals surface area contributed by atoms with Gasteiger partial charge in [-0.1, -0.05) is 114 Å². The van der Waals surface area contributed by atoms with Crippen LogP contribution in [0.25, 0.3) is 11.1 Å². The lowest BCUT2D eigenvalue weighted by molar-refractivity contribution is 0.228. The van der Waals surface area contributed by atoms with Gasteiger partial charge in [-0.3, -0.25) is 0 Å². The second kappa shape index (κ2) is 14.6. The van der Waals surface area contributed by atoms with Crippen molar-refractivity contribution in [1.82, 2.24) is 0 Å². The molecule has 1 atom stereocenters. The van der Waals surface area contributed by atoms with E-state index in [9.17, 15) is 0 Å². The van der Waals surface area contributed by atoms with Crippen LogP contribution in [0.5, 0.6) is 0 Å². The highest BCUT2D eigenvalue weighted by molar-refractivity contribution is 5.79. The summed E-state index contributed by atoms with van der Waals surface area (Å²) in [4.78, 5) is 4.75. The third kappa shape index (κ3) is 8.13. The van der Waals surface area contributed by atoms with Gasteiger partial charge in [0.1, 0.15) is 0 Å². The Morgan fingerprint density at radius 2 is 1.12 bits per heavy atom. The van der Waals surface area contributed by atoms with E-state index in [0.29, 0.717) is 5.92 Å². The van der Waals surface area contributed by atoms with Crippen LogP contribution in [0.3, 0.4) is 0 Å². The molecule has 0 saturated carbocycles. The van der Waals surface area contributed by atoms with Crippen molar-refractivity contribution in [1.29, 1.82) is 0 Å². The first-order chi connectivity index (χ1) is 23.9. The Labute approximate surface area is 301 Å². The fourth-order valence-electron chi connectivity index (χ4n) is 7.29. The first-order valence-corrected chi connectivity index (χ1v) is 18.3. The number of rotatable bonds is 9. The molecule has 1 unspecified atom stereocenters. The van der Waals surface area contributed by atoms with Crippen LogP contribution in [-0.2, 0) is 0 Å². The predicted molar refractivity (Wildman–Crippen MR) is 217 cm³/mol. The molecular weight excluding hydrogens is 605 g/mol. The van der Waals surface area contributed by atoms with Crippen LogP contribution in [0, 0.1) is 24.7 Å². The van der Waals surface area contributed by atoms with Gasteiger partial charge < -0.3 is 9.80 Å². The van der Waals surface area contributed by atoms with E-state index in [1.165, 1.54) is 50.6 Å². The molecule has 0 aliphatic heterocycles. The molecule has 256 valence electrons. The van der Waals surface area contributed by atoms with Gasteiger partial charge in [-0.05, 0) is 144 Å². The molecule has 0 saturated heterocycles. The number of anilines is 5. The lowest BCUT2D eigenvalue weighted by Crippen LogP contribution is -2.24. The Bertz CT molecular complexity index is 1950. The summed E-state index contributed by atoms with van der Waals surface area (Å²) in [6.45, 7) is 18.7. The van der Waals surface area contributed by atoms with Gasteiger partial charge >= 0.3 is 0 Å². The minimum atomic E-state index is 0.176. The molecule has 6 rings (SSSR count). The monoisotopic (exact) mass is 658 g/mol. The van der Waals surface area contributed by atoms with Gasteiger partial charge in [0.25, 0.3) is 0 Å². The Kier molecular flexibility index (Phi) is 10.2. The van der Waals surface area contributed by atoms with E-state index in [1.807, 2.05) is 0 Å². The molecule has 0 heterocycles. The minimum Gasteiger partial charge on any atom is -0.311 e. The summed E-state index contributed by atoms with van der Waals surface area (Å²) >= 11 is 0. The molecule has 5 aromatic rings. The van der Waals surface area contributed by atoms with Crippen molar-refractivity contribution in [3.63, 3.8) is 0 Å². The van der Waals surface area contributed by atoms with Crippen molar-refractivity contribution in [2.45, 2.75) is 80.6 Å². The quantitative estimate of drug-likeness (QED) is 0.155. The predicted octanol–water partition coefficient (Wildman–Crippen LogP) is 14.4. The summed E-state index contributed by atoms with van der Waals surface area (Å²) in [6.07, 6.45) is 10.2. The Hall–Kier alpha value is -4.82. The van der Waals surface area contributed by atoms with Crippen LogP contribution in [0.2, 0.25) is 0 Å². The Balaban J connectivity index is 1.31. The van der Waals surface area contributed by atoms with Gasteiger partial charge in [-0.2, -0.15) is 0 Å². The topological polar surface area (TPSA) is 6.48 Å². The van der Waals surface area contributed by atoms with Crippen LogP contribution in [0.4, 0.5) is 28.4 Å². The van der Waals surface area contributed by atoms with Crippen LogP contribution >= 0.6 is 0 Å². The van der Waals surface area contributed by atoms with Gasteiger partial charge in [-0.15, -0.1) is 0 Å². The van der Waals surface area contributed by atoms with Crippen molar-refractivity contribution >= 4 is 28.4 Å². The van der Waals surface area contributed by atoms with Crippen molar-refractivity contribution in [3.8, 4) is 11.1 Å². The summed E-state index contributed by atoms with van der Waals surface area (Å²) in [5.41, 5.74) is 14.0. The van der Waals surface area contributed by atoms with Gasteiger partial charge in [0.15, 0.2) is 0 Å². The maximum Gasteiger partial charge on any atom is 0.0464 e. The van der Waals surface area contributed by atoms with E-state index in [1.54, 1.807) is 0 Å². The van der Waals surface area contributed by atoms with Crippen molar-refractivity contribution in [2.75, 3.05) is 9.80 Å². The molecule has 0 spiro atoms. The van der Waals surface area contributed by atoms with Crippen molar-refractivity contribution < 1.29 is 0 Å². The summed E-state index contributed by atoms with van der Waals surface area (Å²) in [5, 5.41) is 0. The maximum atomic E-state index is 2.39. The zero-order valence-corrected chi connectivity index (χ0v) is 31.4. The van der Waals surface area contributed by atoms with Gasteiger partial charge in [0.05, 0.1) is 0 Å². The molecule has 0 amide bonds. The second-order valence-corrected chi connectivity index (χ2v) is 16.3. The molecule has 0 N–H and O–H groups in total. The third-order valence-electron chi connectivity index (χ3n) is 9.84. The number of aryl methyl sites for hydroxylation is 2. The van der Waals surface area contributed by atoms with Crippen LogP contribution < -0.4 is 9.80 Å². The average molecular weight is 659 g/mol. The minimum absolute atomic E-state index is 0.176. The van der Waals surface area contributed by atoms with Gasteiger partial charge in [0, 0.05) is 34.1 Å². The first-order valence-electron chi connectivity index (χ1n) is 18.3. The smallest absolute Gasteiger partial charge is 0.0464 e. The molecule has 0 fully saturated rings. The molecule has 5 aromatic carbocycles. The summed E-state index contributed by atoms with van der Waals surface area (Å²) in [7, 11) is 0. The standard InChI is InChI=1S/C48H54N2/c1-35-16-15-21-43(32-35)49(39-17-11-9-12-18-39)41-26-22-37(23-27-41)38-24-28-42(29-25-38)50(40-19-13-10-14-20-40)44-30-31-45(36(2)33-44)46(48(6,7)8)34-47(3,4)5/h10-11,13-33,46H,9,12,34H2,1-8H3. The van der Waals surface area contributed by atoms with Crippen LogP contribution in [-0.4, -0.2) is 0 Å². The molecule has 1 aliphatic carbocycles. The van der Waals surface area contributed by atoms with E-state index in [0.717, 1.165) is 30.6 Å². The van der Waals surface area contributed by atoms with E-state index < -0.39 is 0 Å². The number of para-hydroxylation sites is 1. The largest absolute Gasteiger partial charge is 0.311 e. The molecule has 50 heavy (non-hydrogen) atoms. The fourth-order valence-corrected chi connectivity index (χ4v) is 7.29. The van der Waals surface area contributed by atoms with Crippen molar-refractivity contribution in [3.05, 3.63) is 162 Å². The number of allylic oxidation sites excluding steroid dienone is 3. The lowest BCUT2D eigenvalue weighted by Gasteiger charge is -2.37. The molecule has 0 radical (unpaired) electrons. The zero-order valence-electron chi connectivity index (χ0n) is 31.4. The molecule has 2 heteroatoms. The number of benzene rings is 5. The van der Waals surface area contributed by atoms with E-state index in [-0.39, 0.29) is 10.8 Å². The number of hydrogen-bond donors (Lipinski definition) is 0. The Morgan fingerprint density at radius 1 is 0.560 bits per heavy atom. The van der Waals surface area contributed by atoms with Crippen molar-refractivity contribution in [2.24, 2.45) is 10.8 Å². The second-order valence-electron chi connectivity index (χ2n) is 16.3. The van der Waals surface area contributed by atoms with Gasteiger partial charge in [-0.25, -0.2) is 0 Å². The zero-order chi connectivity index (χ0) is 35.5. The highest BCUT2D eigenvalue weighted by atomic mass is 15.1. The summed E-state index contributed by atoms with van der Waals surface area (Å²) < 4.78 is 0. The van der Waals surface area contributed by atoms with Gasteiger partial charge in [0.2, 0.25) is 0 Å². The first kappa shape index (κ1) is 35.0. The fraction of sp³-hybridized carbons (Fsp3) is 0.292. The normalized spacial score (nSPS) is 13.9. The van der Waals surface area contributed by atoms with E-state index in [4.69, 9.17) is 0 Å². The van der Waals surface area contributed by atoms with Crippen LogP contribution in [0.15, 0.2) is 145 Å². The van der Waals surface area contributed by atoms with E-state index in [2.05, 4.69) is 205 Å². The molecule has 1 aliphatic rings. The molecular formula is C48H54N2. The Morgan fingerprint density at radius 3 is 1.66 bits per heavy atom. The SMILES string of the molecule is Cc1cccc(N(C2=CCCC=C2)c2ccc(-c3ccc(N(c4ccccc4)c4ccc(C(CC(C)(C)C)C(C)(C)C)c(C)c4)cc3)cc2)c1. The highest BCUT2D eigenvalue weighted by Gasteiger charge is 2.31. The van der Waals surface area contributed by atoms with E-state index >= 15 is 0 Å². The maximum absolute atomic E-state index is 2.39. The summed E-state index contributed by atoms with van der Waals surface area (Å²) in [5.74, 6) is 0.479. The molecule has 2 nitrogen and oxygen atoms in total. The lowest BCUT2D eigenvalue weighted by atomic mass is 9.68. The molecule has 0 bridgehead atoms. The number of nitrogens with zero attached hydrogens (tertiary/aromatic N) is 2. The highest BCUT2D eigenvalue weighted by Crippen LogP contribution is 2.46. The number of hydrogen-bond acceptors (Lipinski definition) is 2. The summed E-state index contributed by atoms with van der Waals surface area (Å²) in [6, 6.07) is 44.6.